The van der Waals surface area contributed by atoms with Crippen molar-refractivity contribution in [3.8, 4) is 33.4 Å². The van der Waals surface area contributed by atoms with Crippen LogP contribution in [0.1, 0.15) is 22.3 Å². The van der Waals surface area contributed by atoms with Crippen LogP contribution in [0, 0.1) is 0 Å². The Labute approximate surface area is 339 Å². The third-order valence-electron chi connectivity index (χ3n) is 12.1. The van der Waals surface area contributed by atoms with E-state index in [0.717, 1.165) is 17.1 Å². The average molecular weight is 738 g/mol. The number of nitrogens with zero attached hydrogens (tertiary/aromatic N) is 1. The summed E-state index contributed by atoms with van der Waals surface area (Å²) in [7, 11) is 0. The maximum atomic E-state index is 2.49. The highest BCUT2D eigenvalue weighted by molar-refractivity contribution is 6.10. The van der Waals surface area contributed by atoms with E-state index in [2.05, 4.69) is 241 Å². The summed E-state index contributed by atoms with van der Waals surface area (Å²) in [6.07, 6.45) is 0. The zero-order valence-electron chi connectivity index (χ0n) is 32.0. The Hall–Kier alpha value is -7.48. The molecule has 10 aromatic rings. The van der Waals surface area contributed by atoms with Gasteiger partial charge in [0.05, 0.1) is 11.1 Å². The lowest BCUT2D eigenvalue weighted by molar-refractivity contribution is 0.775. The number of hydrogen-bond donors (Lipinski definition) is 0. The first-order valence-corrected chi connectivity index (χ1v) is 20.1. The molecule has 1 nitrogen and oxygen atoms in total. The van der Waals surface area contributed by atoms with Crippen LogP contribution in [0.4, 0.5) is 17.1 Å². The Morgan fingerprint density at radius 2 is 0.862 bits per heavy atom. The molecule has 1 heteroatoms. The van der Waals surface area contributed by atoms with Gasteiger partial charge in [-0.15, -0.1) is 0 Å². The van der Waals surface area contributed by atoms with Crippen molar-refractivity contribution >= 4 is 38.6 Å². The fourth-order valence-electron chi connectivity index (χ4n) is 9.61. The van der Waals surface area contributed by atoms with Gasteiger partial charge >= 0.3 is 0 Å². The Kier molecular flexibility index (Phi) is 8.12. The van der Waals surface area contributed by atoms with Crippen LogP contribution in [-0.4, -0.2) is 0 Å². The van der Waals surface area contributed by atoms with Crippen LogP contribution >= 0.6 is 0 Å². The van der Waals surface area contributed by atoms with Crippen LogP contribution in [0.25, 0.3) is 54.9 Å². The van der Waals surface area contributed by atoms with Crippen molar-refractivity contribution in [2.24, 2.45) is 0 Å². The van der Waals surface area contributed by atoms with Crippen molar-refractivity contribution < 1.29 is 0 Å². The van der Waals surface area contributed by atoms with Crippen LogP contribution in [-0.2, 0) is 5.41 Å². The molecule has 0 bridgehead atoms. The van der Waals surface area contributed by atoms with Gasteiger partial charge in [0.25, 0.3) is 0 Å². The first kappa shape index (κ1) is 33.8. The Bertz CT molecular complexity index is 3040. The highest BCUT2D eigenvalue weighted by Crippen LogP contribution is 2.62. The van der Waals surface area contributed by atoms with Gasteiger partial charge < -0.3 is 4.90 Å². The largest absolute Gasteiger partial charge is 0.310 e. The molecule has 0 saturated heterocycles. The molecule has 1 aliphatic rings. The molecule has 0 amide bonds. The van der Waals surface area contributed by atoms with Crippen LogP contribution in [0.15, 0.2) is 237 Å². The first-order valence-electron chi connectivity index (χ1n) is 20.1. The van der Waals surface area contributed by atoms with Crippen molar-refractivity contribution in [2.75, 3.05) is 4.90 Å². The van der Waals surface area contributed by atoms with E-state index in [9.17, 15) is 0 Å². The monoisotopic (exact) mass is 737 g/mol. The van der Waals surface area contributed by atoms with Gasteiger partial charge in [-0.25, -0.2) is 0 Å². The number of anilines is 3. The lowest BCUT2D eigenvalue weighted by Crippen LogP contribution is -2.29. The van der Waals surface area contributed by atoms with Gasteiger partial charge in [0.1, 0.15) is 0 Å². The van der Waals surface area contributed by atoms with Gasteiger partial charge in [-0.2, -0.15) is 0 Å². The summed E-state index contributed by atoms with van der Waals surface area (Å²) in [5, 5.41) is 4.94. The lowest BCUT2D eigenvalue weighted by atomic mass is 9.66. The summed E-state index contributed by atoms with van der Waals surface area (Å²) in [6, 6.07) is 87.0. The van der Waals surface area contributed by atoms with Crippen molar-refractivity contribution in [1.29, 1.82) is 0 Å². The molecule has 0 N–H and O–H groups in total. The molecular weight excluding hydrogens is 699 g/mol. The number of rotatable bonds is 7. The predicted octanol–water partition coefficient (Wildman–Crippen LogP) is 15.2. The molecule has 58 heavy (non-hydrogen) atoms. The minimum Gasteiger partial charge on any atom is -0.310 e. The van der Waals surface area contributed by atoms with Crippen LogP contribution in [0.5, 0.6) is 0 Å². The molecule has 0 fully saturated rings. The predicted molar refractivity (Wildman–Crippen MR) is 244 cm³/mol. The average Bonchev–Trinajstić information content (AvgIpc) is 3.62. The zero-order valence-corrected chi connectivity index (χ0v) is 32.0. The van der Waals surface area contributed by atoms with E-state index in [0.29, 0.717) is 0 Å². The molecule has 0 spiro atoms. The fourth-order valence-corrected chi connectivity index (χ4v) is 9.61. The topological polar surface area (TPSA) is 3.24 Å². The van der Waals surface area contributed by atoms with Crippen LogP contribution in [0.3, 0.4) is 0 Å². The first-order chi connectivity index (χ1) is 28.8. The van der Waals surface area contributed by atoms with E-state index in [4.69, 9.17) is 0 Å². The van der Waals surface area contributed by atoms with Gasteiger partial charge in [-0.1, -0.05) is 200 Å². The lowest BCUT2D eigenvalue weighted by Gasteiger charge is -2.35. The molecular formula is C57H39N. The van der Waals surface area contributed by atoms with E-state index >= 15 is 0 Å². The molecule has 0 radical (unpaired) electrons. The van der Waals surface area contributed by atoms with Gasteiger partial charge in [-0.3, -0.25) is 0 Å². The number of hydrogen-bond acceptors (Lipinski definition) is 1. The maximum Gasteiger partial charge on any atom is 0.0720 e. The smallest absolute Gasteiger partial charge is 0.0720 e. The normalized spacial score (nSPS) is 12.6. The molecule has 0 aliphatic heterocycles. The van der Waals surface area contributed by atoms with E-state index < -0.39 is 5.41 Å². The van der Waals surface area contributed by atoms with Crippen molar-refractivity contribution in [3.63, 3.8) is 0 Å². The summed E-state index contributed by atoms with van der Waals surface area (Å²) in [4.78, 5) is 2.48. The zero-order chi connectivity index (χ0) is 38.5. The van der Waals surface area contributed by atoms with Gasteiger partial charge in [-0.05, 0) is 108 Å². The Morgan fingerprint density at radius 1 is 0.328 bits per heavy atom. The summed E-state index contributed by atoms with van der Waals surface area (Å²) in [5.74, 6) is 0. The SMILES string of the molecule is c1ccc(-c2ccc(N(c3ccc4ccccc4c3)c3cccc4c3-c3cc(-c5ccccc5)c5ccccc5c3C4(c3ccccc3)c3ccccc3)cc2)cc1. The molecule has 1 aliphatic carbocycles. The minimum absolute atomic E-state index is 0.593. The van der Waals surface area contributed by atoms with Crippen molar-refractivity contribution in [3.05, 3.63) is 259 Å². The highest BCUT2D eigenvalue weighted by atomic mass is 15.1. The summed E-state index contributed by atoms with van der Waals surface area (Å²) in [6.45, 7) is 0. The molecule has 0 atom stereocenters. The molecule has 0 unspecified atom stereocenters. The summed E-state index contributed by atoms with van der Waals surface area (Å²) < 4.78 is 0. The van der Waals surface area contributed by atoms with E-state index in [1.165, 1.54) is 77.2 Å². The molecule has 0 aromatic heterocycles. The number of benzene rings is 10. The highest BCUT2D eigenvalue weighted by Gasteiger charge is 2.48. The van der Waals surface area contributed by atoms with E-state index in [1.54, 1.807) is 0 Å². The third-order valence-corrected chi connectivity index (χ3v) is 12.1. The second kappa shape index (κ2) is 13.9. The second-order valence-electron chi connectivity index (χ2n) is 15.2. The quantitative estimate of drug-likeness (QED) is 0.157. The fraction of sp³-hybridized carbons (Fsp3) is 0.0175. The molecule has 11 rings (SSSR count). The van der Waals surface area contributed by atoms with E-state index in [1.807, 2.05) is 0 Å². The summed E-state index contributed by atoms with van der Waals surface area (Å²) in [5.41, 5.74) is 15.2. The van der Waals surface area contributed by atoms with Crippen LogP contribution in [0.2, 0.25) is 0 Å². The molecule has 272 valence electrons. The van der Waals surface area contributed by atoms with Gasteiger partial charge in [0.2, 0.25) is 0 Å². The Morgan fingerprint density at radius 3 is 1.53 bits per heavy atom. The molecule has 0 heterocycles. The van der Waals surface area contributed by atoms with Crippen molar-refractivity contribution in [1.82, 2.24) is 0 Å². The second-order valence-corrected chi connectivity index (χ2v) is 15.2. The minimum atomic E-state index is -0.593. The Balaban J connectivity index is 1.27. The van der Waals surface area contributed by atoms with Crippen LogP contribution < -0.4 is 4.90 Å². The molecule has 10 aromatic carbocycles. The summed E-state index contributed by atoms with van der Waals surface area (Å²) >= 11 is 0. The molecule has 0 saturated carbocycles. The standard InChI is InChI=1S/C57H39N/c1-5-18-40(19-6-1)42-32-35-47(36-33-42)58(48-37-34-41-20-13-14-23-44(41)38-48)54-31-17-30-53-55(54)52-39-51(43-21-7-2-8-22-43)49-28-15-16-29-50(49)56(52)57(53,45-24-9-3-10-25-45)46-26-11-4-12-27-46/h1-39H. The number of fused-ring (bicyclic) bond motifs is 6. The van der Waals surface area contributed by atoms with Gasteiger partial charge in [0.15, 0.2) is 0 Å². The van der Waals surface area contributed by atoms with Gasteiger partial charge in [0, 0.05) is 16.9 Å². The third kappa shape index (κ3) is 5.32. The maximum absolute atomic E-state index is 2.49. The van der Waals surface area contributed by atoms with Crippen molar-refractivity contribution in [2.45, 2.75) is 5.41 Å². The van der Waals surface area contributed by atoms with E-state index in [-0.39, 0.29) is 0 Å².